The van der Waals surface area contributed by atoms with Crippen LogP contribution in [0, 0.1) is 4.77 Å². The summed E-state index contributed by atoms with van der Waals surface area (Å²) in [5.74, 6) is -0.0944. The first-order valence-electron chi connectivity index (χ1n) is 8.69. The van der Waals surface area contributed by atoms with Crippen LogP contribution in [-0.2, 0) is 16.1 Å². The van der Waals surface area contributed by atoms with E-state index in [-0.39, 0.29) is 24.4 Å². The number of unbranched alkanes of at least 4 members (excludes halogenated alkanes) is 1. The number of para-hydroxylation sites is 1. The van der Waals surface area contributed by atoms with Crippen LogP contribution in [0.4, 0.5) is 0 Å². The molecular weight excluding hydrogens is 338 g/mol. The molecule has 0 aliphatic heterocycles. The number of nitrogens with one attached hydrogen (secondary N) is 2. The predicted octanol–water partition coefficient (Wildman–Crippen LogP) is 2.77. The number of hydrogen-bond donors (Lipinski definition) is 2. The summed E-state index contributed by atoms with van der Waals surface area (Å²) < 4.78 is 7.21. The highest BCUT2D eigenvalue weighted by atomic mass is 32.1. The number of carbonyl (C=O) groups excluding carboxylic acids is 1. The molecule has 0 saturated heterocycles. The van der Waals surface area contributed by atoms with Gasteiger partial charge in [0.25, 0.3) is 5.56 Å². The quantitative estimate of drug-likeness (QED) is 0.503. The Bertz CT molecular complexity index is 813. The maximum Gasteiger partial charge on any atom is 0.262 e. The van der Waals surface area contributed by atoms with Crippen LogP contribution in [-0.4, -0.2) is 35.2 Å². The third-order valence-electron chi connectivity index (χ3n) is 3.88. The minimum Gasteiger partial charge on any atom is -0.381 e. The summed E-state index contributed by atoms with van der Waals surface area (Å²) in [5.41, 5.74) is 0.540. The Hall–Kier alpha value is -1.99. The second kappa shape index (κ2) is 10.1. The SMILES string of the molecule is CCCCOCCCNC(=O)CCn1c(=S)[nH]c2ccccc2c1=O. The molecule has 25 heavy (non-hydrogen) atoms. The van der Waals surface area contributed by atoms with Gasteiger partial charge in [-0.25, -0.2) is 0 Å². The normalized spacial score (nSPS) is 10.9. The van der Waals surface area contributed by atoms with E-state index in [1.54, 1.807) is 12.1 Å². The highest BCUT2D eigenvalue weighted by Gasteiger charge is 2.07. The number of H-pyrrole nitrogens is 1. The molecule has 0 unspecified atom stereocenters. The van der Waals surface area contributed by atoms with Gasteiger partial charge >= 0.3 is 0 Å². The first-order valence-corrected chi connectivity index (χ1v) is 9.10. The fourth-order valence-corrected chi connectivity index (χ4v) is 2.74. The van der Waals surface area contributed by atoms with Gasteiger partial charge < -0.3 is 15.0 Å². The first-order chi connectivity index (χ1) is 12.1. The lowest BCUT2D eigenvalue weighted by molar-refractivity contribution is -0.121. The average molecular weight is 363 g/mol. The van der Waals surface area contributed by atoms with Gasteiger partial charge in [-0.3, -0.25) is 14.2 Å². The van der Waals surface area contributed by atoms with Crippen LogP contribution in [0.1, 0.15) is 32.6 Å². The van der Waals surface area contributed by atoms with E-state index in [0.717, 1.165) is 25.9 Å². The molecule has 1 aromatic carbocycles. The number of rotatable bonds is 10. The first kappa shape index (κ1) is 19.3. The van der Waals surface area contributed by atoms with Gasteiger partial charge in [0, 0.05) is 32.7 Å². The number of fused-ring (bicyclic) bond motifs is 1. The fraction of sp³-hybridized carbons (Fsp3) is 0.500. The summed E-state index contributed by atoms with van der Waals surface area (Å²) in [5, 5.41) is 3.41. The fourth-order valence-electron chi connectivity index (χ4n) is 2.45. The maximum atomic E-state index is 12.5. The van der Waals surface area contributed by atoms with Crippen molar-refractivity contribution in [1.29, 1.82) is 0 Å². The van der Waals surface area contributed by atoms with Crippen molar-refractivity contribution in [1.82, 2.24) is 14.9 Å². The zero-order chi connectivity index (χ0) is 18.1. The summed E-state index contributed by atoms with van der Waals surface area (Å²) in [4.78, 5) is 27.4. The van der Waals surface area contributed by atoms with Crippen LogP contribution in [0.5, 0.6) is 0 Å². The van der Waals surface area contributed by atoms with E-state index < -0.39 is 0 Å². The third kappa shape index (κ3) is 5.79. The molecule has 0 spiro atoms. The van der Waals surface area contributed by atoms with Crippen molar-refractivity contribution in [2.75, 3.05) is 19.8 Å². The third-order valence-corrected chi connectivity index (χ3v) is 4.20. The number of hydrogen-bond acceptors (Lipinski definition) is 4. The molecule has 0 atom stereocenters. The predicted molar refractivity (Wildman–Crippen MR) is 101 cm³/mol. The molecule has 0 bridgehead atoms. The second-order valence-corrected chi connectivity index (χ2v) is 6.24. The maximum absolute atomic E-state index is 12.5. The molecule has 2 aromatic rings. The minimum absolute atomic E-state index is 0.0944. The van der Waals surface area contributed by atoms with Crippen molar-refractivity contribution in [2.24, 2.45) is 0 Å². The number of carbonyl (C=O) groups is 1. The molecule has 2 rings (SSSR count). The Kier molecular flexibility index (Phi) is 7.81. The molecule has 1 aromatic heterocycles. The molecule has 1 amide bonds. The van der Waals surface area contributed by atoms with Crippen LogP contribution in [0.15, 0.2) is 29.1 Å². The van der Waals surface area contributed by atoms with E-state index in [0.29, 0.717) is 28.8 Å². The highest BCUT2D eigenvalue weighted by molar-refractivity contribution is 7.71. The average Bonchev–Trinajstić information content (AvgIpc) is 2.60. The van der Waals surface area contributed by atoms with E-state index in [1.165, 1.54) is 4.57 Å². The molecule has 0 radical (unpaired) electrons. The molecule has 0 aliphatic rings. The summed E-state index contributed by atoms with van der Waals surface area (Å²) in [7, 11) is 0. The van der Waals surface area contributed by atoms with Crippen molar-refractivity contribution >= 4 is 29.0 Å². The Morgan fingerprint density at radius 2 is 2.04 bits per heavy atom. The number of amides is 1. The number of nitrogens with zero attached hydrogens (tertiary/aromatic N) is 1. The van der Waals surface area contributed by atoms with E-state index in [1.807, 2.05) is 12.1 Å². The smallest absolute Gasteiger partial charge is 0.262 e. The zero-order valence-electron chi connectivity index (χ0n) is 14.5. The van der Waals surface area contributed by atoms with Gasteiger partial charge in [0.1, 0.15) is 0 Å². The van der Waals surface area contributed by atoms with E-state index >= 15 is 0 Å². The number of aromatic amines is 1. The second-order valence-electron chi connectivity index (χ2n) is 5.85. The summed E-state index contributed by atoms with van der Waals surface area (Å²) in [6.45, 7) is 4.38. The highest BCUT2D eigenvalue weighted by Crippen LogP contribution is 2.06. The van der Waals surface area contributed by atoms with Crippen LogP contribution in [0.25, 0.3) is 10.9 Å². The lowest BCUT2D eigenvalue weighted by atomic mass is 10.2. The molecule has 6 nitrogen and oxygen atoms in total. The van der Waals surface area contributed by atoms with Crippen LogP contribution in [0.2, 0.25) is 0 Å². The molecule has 0 fully saturated rings. The van der Waals surface area contributed by atoms with Crippen molar-refractivity contribution in [3.63, 3.8) is 0 Å². The standard InChI is InChI=1S/C18H25N3O3S/c1-2-3-12-24-13-6-10-19-16(22)9-11-21-17(23)14-7-4-5-8-15(14)20-18(21)25/h4-5,7-8H,2-3,6,9-13H2,1H3,(H,19,22)(H,20,25). The van der Waals surface area contributed by atoms with Gasteiger partial charge in [-0.05, 0) is 37.2 Å². The van der Waals surface area contributed by atoms with E-state index in [9.17, 15) is 9.59 Å². The zero-order valence-corrected chi connectivity index (χ0v) is 15.4. The van der Waals surface area contributed by atoms with Gasteiger partial charge in [0.15, 0.2) is 4.77 Å². The molecule has 7 heteroatoms. The van der Waals surface area contributed by atoms with Gasteiger partial charge in [-0.1, -0.05) is 25.5 Å². The van der Waals surface area contributed by atoms with Crippen LogP contribution < -0.4 is 10.9 Å². The van der Waals surface area contributed by atoms with Crippen molar-refractivity contribution in [2.45, 2.75) is 39.2 Å². The summed E-state index contributed by atoms with van der Waals surface area (Å²) in [6.07, 6.45) is 3.18. The van der Waals surface area contributed by atoms with E-state index in [4.69, 9.17) is 17.0 Å². The number of ether oxygens (including phenoxy) is 1. The molecular formula is C18H25N3O3S. The Balaban J connectivity index is 1.81. The number of benzene rings is 1. The molecule has 2 N–H and O–H groups in total. The van der Waals surface area contributed by atoms with Crippen LogP contribution in [0.3, 0.4) is 0 Å². The van der Waals surface area contributed by atoms with Crippen molar-refractivity contribution < 1.29 is 9.53 Å². The Morgan fingerprint density at radius 3 is 2.84 bits per heavy atom. The molecule has 0 saturated carbocycles. The topological polar surface area (TPSA) is 76.1 Å². The Labute approximate surface area is 152 Å². The molecule has 136 valence electrons. The molecule has 1 heterocycles. The number of aromatic nitrogens is 2. The molecule has 0 aliphatic carbocycles. The van der Waals surface area contributed by atoms with Crippen LogP contribution >= 0.6 is 12.2 Å². The largest absolute Gasteiger partial charge is 0.381 e. The van der Waals surface area contributed by atoms with Crippen molar-refractivity contribution in [3.8, 4) is 0 Å². The van der Waals surface area contributed by atoms with Crippen molar-refractivity contribution in [3.05, 3.63) is 39.4 Å². The Morgan fingerprint density at radius 1 is 1.28 bits per heavy atom. The lowest BCUT2D eigenvalue weighted by Crippen LogP contribution is -2.29. The van der Waals surface area contributed by atoms with Gasteiger partial charge in [-0.15, -0.1) is 0 Å². The monoisotopic (exact) mass is 363 g/mol. The van der Waals surface area contributed by atoms with Gasteiger partial charge in [-0.2, -0.15) is 0 Å². The minimum atomic E-state index is -0.170. The van der Waals surface area contributed by atoms with E-state index in [2.05, 4.69) is 17.2 Å². The summed E-state index contributed by atoms with van der Waals surface area (Å²) >= 11 is 5.23. The van der Waals surface area contributed by atoms with Gasteiger partial charge in [0.2, 0.25) is 5.91 Å². The lowest BCUT2D eigenvalue weighted by Gasteiger charge is -2.09. The van der Waals surface area contributed by atoms with Gasteiger partial charge in [0.05, 0.1) is 10.9 Å². The summed E-state index contributed by atoms with van der Waals surface area (Å²) in [6, 6.07) is 7.21.